The third-order valence-corrected chi connectivity index (χ3v) is 5.13. The molecule has 0 saturated carbocycles. The zero-order valence-corrected chi connectivity index (χ0v) is 18.2. The van der Waals surface area contributed by atoms with Gasteiger partial charge in [0.25, 0.3) is 0 Å². The number of nitrogens with one attached hydrogen (secondary N) is 1. The molecule has 0 unspecified atom stereocenters. The minimum atomic E-state index is -0.528. The highest BCUT2D eigenvalue weighted by molar-refractivity contribution is 9.10. The van der Waals surface area contributed by atoms with Crippen LogP contribution in [0.4, 0.5) is 4.79 Å². The van der Waals surface area contributed by atoms with Crippen LogP contribution in [0.1, 0.15) is 45.5 Å². The predicted molar refractivity (Wildman–Crippen MR) is 112 cm³/mol. The molecule has 0 aliphatic carbocycles. The molecule has 29 heavy (non-hydrogen) atoms. The second kappa shape index (κ2) is 7.67. The second-order valence-corrected chi connectivity index (χ2v) is 8.97. The summed E-state index contributed by atoms with van der Waals surface area (Å²) in [7, 11) is 0. The van der Waals surface area contributed by atoms with Crippen molar-refractivity contribution in [3.63, 3.8) is 0 Å². The van der Waals surface area contributed by atoms with Crippen LogP contribution < -0.4 is 0 Å². The lowest BCUT2D eigenvalue weighted by Gasteiger charge is -2.27. The summed E-state index contributed by atoms with van der Waals surface area (Å²) < 4.78 is 12.4. The first-order valence-corrected chi connectivity index (χ1v) is 10.4. The number of amides is 1. The van der Waals surface area contributed by atoms with Gasteiger partial charge in [-0.2, -0.15) is 0 Å². The van der Waals surface area contributed by atoms with Crippen LogP contribution >= 0.6 is 15.9 Å². The molecule has 0 spiro atoms. The zero-order valence-electron chi connectivity index (χ0n) is 16.6. The summed E-state index contributed by atoms with van der Waals surface area (Å²) in [5.74, 6) is 1.85. The molecule has 1 aromatic carbocycles. The highest BCUT2D eigenvalue weighted by Gasteiger charge is 2.35. The lowest BCUT2D eigenvalue weighted by Crippen LogP contribution is -2.36. The Hall–Kier alpha value is -2.61. The van der Waals surface area contributed by atoms with E-state index >= 15 is 0 Å². The number of nitrogens with zero attached hydrogens (tertiary/aromatic N) is 3. The number of aromatic nitrogens is 3. The van der Waals surface area contributed by atoms with Crippen LogP contribution in [0.2, 0.25) is 0 Å². The van der Waals surface area contributed by atoms with E-state index in [4.69, 9.17) is 9.15 Å². The number of imidazole rings is 1. The number of aromatic amines is 1. The molecule has 1 amide bonds. The monoisotopic (exact) mass is 458 g/mol. The molecule has 0 bridgehead atoms. The summed E-state index contributed by atoms with van der Waals surface area (Å²) in [6.45, 7) is 6.26. The standard InChI is InChI=1S/C21H23BrN4O3/c1-21(2,3)29-20(27)26-9-5-8-16(26)18-23-11-15(25-18)19-24-12-17(28-19)13-6-4-7-14(22)10-13/h4,6-7,10-12,16H,5,8-9H2,1-3H3,(H,23,25)/t16-/m0/s1. The molecular weight excluding hydrogens is 436 g/mol. The number of H-pyrrole nitrogens is 1. The van der Waals surface area contributed by atoms with E-state index in [1.807, 2.05) is 45.0 Å². The number of carbonyl (C=O) groups is 1. The second-order valence-electron chi connectivity index (χ2n) is 8.05. The van der Waals surface area contributed by atoms with Gasteiger partial charge in [0.1, 0.15) is 17.1 Å². The molecule has 152 valence electrons. The van der Waals surface area contributed by atoms with Crippen molar-refractivity contribution in [2.75, 3.05) is 6.54 Å². The molecule has 1 N–H and O–H groups in total. The Labute approximate surface area is 177 Å². The minimum absolute atomic E-state index is 0.141. The minimum Gasteiger partial charge on any atom is -0.444 e. The Balaban J connectivity index is 1.53. The quantitative estimate of drug-likeness (QED) is 0.554. The van der Waals surface area contributed by atoms with E-state index in [9.17, 15) is 4.79 Å². The van der Waals surface area contributed by atoms with E-state index in [2.05, 4.69) is 30.9 Å². The predicted octanol–water partition coefficient (Wildman–Crippen LogP) is 5.57. The van der Waals surface area contributed by atoms with Crippen molar-refractivity contribution in [3.05, 3.63) is 47.0 Å². The van der Waals surface area contributed by atoms with Gasteiger partial charge < -0.3 is 14.1 Å². The summed E-state index contributed by atoms with van der Waals surface area (Å²) >= 11 is 3.47. The topological polar surface area (TPSA) is 84.2 Å². The van der Waals surface area contributed by atoms with E-state index in [1.165, 1.54) is 0 Å². The van der Waals surface area contributed by atoms with Crippen LogP contribution in [0.3, 0.4) is 0 Å². The Bertz CT molecular complexity index is 1020. The highest BCUT2D eigenvalue weighted by atomic mass is 79.9. The maximum Gasteiger partial charge on any atom is 0.410 e. The Morgan fingerprint density at radius 3 is 2.90 bits per heavy atom. The summed E-state index contributed by atoms with van der Waals surface area (Å²) in [4.78, 5) is 26.4. The molecule has 1 atom stereocenters. The van der Waals surface area contributed by atoms with E-state index in [1.54, 1.807) is 17.3 Å². The third kappa shape index (κ3) is 4.37. The Kier molecular flexibility index (Phi) is 5.21. The molecule has 1 fully saturated rings. The molecule has 0 radical (unpaired) electrons. The number of hydrogen-bond acceptors (Lipinski definition) is 5. The number of rotatable bonds is 3. The summed E-state index contributed by atoms with van der Waals surface area (Å²) in [5, 5.41) is 0. The van der Waals surface area contributed by atoms with Crippen molar-refractivity contribution in [2.45, 2.75) is 45.3 Å². The third-order valence-electron chi connectivity index (χ3n) is 4.64. The first kappa shape index (κ1) is 19.7. The molecule has 2 aromatic heterocycles. The largest absolute Gasteiger partial charge is 0.444 e. The average molecular weight is 459 g/mol. The summed E-state index contributed by atoms with van der Waals surface area (Å²) in [5.41, 5.74) is 1.08. The fourth-order valence-corrected chi connectivity index (χ4v) is 3.78. The number of ether oxygens (including phenoxy) is 1. The fraction of sp³-hybridized carbons (Fsp3) is 0.381. The molecule has 3 heterocycles. The summed E-state index contributed by atoms with van der Waals surface area (Å²) in [6, 6.07) is 7.70. The van der Waals surface area contributed by atoms with E-state index in [-0.39, 0.29) is 12.1 Å². The zero-order chi connectivity index (χ0) is 20.6. The molecule has 7 nitrogen and oxygen atoms in total. The molecule has 1 aliphatic heterocycles. The van der Waals surface area contributed by atoms with Crippen LogP contribution in [0, 0.1) is 0 Å². The SMILES string of the molecule is CC(C)(C)OC(=O)N1CCC[C@H]1c1ncc(-c2ncc(-c3cccc(Br)c3)o2)[nH]1. The molecule has 1 aliphatic rings. The number of carbonyl (C=O) groups excluding carboxylic acids is 1. The van der Waals surface area contributed by atoms with Crippen molar-refractivity contribution in [2.24, 2.45) is 0 Å². The van der Waals surface area contributed by atoms with Gasteiger partial charge in [0, 0.05) is 16.6 Å². The maximum absolute atomic E-state index is 12.5. The number of hydrogen-bond donors (Lipinski definition) is 1. The highest BCUT2D eigenvalue weighted by Crippen LogP contribution is 2.33. The normalized spacial score (nSPS) is 17.0. The van der Waals surface area contributed by atoms with Gasteiger partial charge in [0.15, 0.2) is 5.76 Å². The van der Waals surface area contributed by atoms with Gasteiger partial charge >= 0.3 is 6.09 Å². The lowest BCUT2D eigenvalue weighted by atomic mass is 10.2. The van der Waals surface area contributed by atoms with Crippen molar-refractivity contribution in [1.29, 1.82) is 0 Å². The van der Waals surface area contributed by atoms with Crippen LogP contribution in [0.5, 0.6) is 0 Å². The number of likely N-dealkylation sites (tertiary alicyclic amines) is 1. The van der Waals surface area contributed by atoms with Crippen LogP contribution in [0.25, 0.3) is 22.9 Å². The maximum atomic E-state index is 12.5. The Morgan fingerprint density at radius 2 is 2.14 bits per heavy atom. The summed E-state index contributed by atoms with van der Waals surface area (Å²) in [6.07, 6.45) is 4.82. The van der Waals surface area contributed by atoms with E-state index in [0.717, 1.165) is 22.9 Å². The van der Waals surface area contributed by atoms with Gasteiger partial charge in [0.05, 0.1) is 18.4 Å². The van der Waals surface area contributed by atoms with Crippen molar-refractivity contribution in [1.82, 2.24) is 19.9 Å². The van der Waals surface area contributed by atoms with Crippen molar-refractivity contribution in [3.8, 4) is 22.9 Å². The van der Waals surface area contributed by atoms with Crippen LogP contribution in [-0.2, 0) is 4.74 Å². The first-order valence-electron chi connectivity index (χ1n) is 9.57. The first-order chi connectivity index (χ1) is 13.8. The van der Waals surface area contributed by atoms with Crippen LogP contribution in [0.15, 0.2) is 45.5 Å². The Morgan fingerprint density at radius 1 is 1.31 bits per heavy atom. The molecule has 4 rings (SSSR count). The van der Waals surface area contributed by atoms with Crippen molar-refractivity contribution < 1.29 is 13.9 Å². The number of benzene rings is 1. The van der Waals surface area contributed by atoms with Gasteiger partial charge in [0.2, 0.25) is 5.89 Å². The van der Waals surface area contributed by atoms with Gasteiger partial charge in [-0.3, -0.25) is 4.90 Å². The molecular formula is C21H23BrN4O3. The van der Waals surface area contributed by atoms with Gasteiger partial charge in [-0.1, -0.05) is 28.1 Å². The van der Waals surface area contributed by atoms with Gasteiger partial charge in [-0.25, -0.2) is 14.8 Å². The van der Waals surface area contributed by atoms with E-state index < -0.39 is 5.60 Å². The van der Waals surface area contributed by atoms with E-state index in [0.29, 0.717) is 29.7 Å². The van der Waals surface area contributed by atoms with Gasteiger partial charge in [-0.05, 0) is 45.7 Å². The average Bonchev–Trinajstić information content (AvgIpc) is 3.39. The smallest absolute Gasteiger partial charge is 0.410 e. The van der Waals surface area contributed by atoms with Gasteiger partial charge in [-0.15, -0.1) is 0 Å². The molecule has 1 saturated heterocycles. The molecule has 8 heteroatoms. The number of oxazole rings is 1. The van der Waals surface area contributed by atoms with Crippen molar-refractivity contribution >= 4 is 22.0 Å². The number of halogens is 1. The lowest BCUT2D eigenvalue weighted by molar-refractivity contribution is 0.0219. The fourth-order valence-electron chi connectivity index (χ4n) is 3.38. The van der Waals surface area contributed by atoms with Crippen LogP contribution in [-0.4, -0.2) is 38.1 Å². The molecule has 3 aromatic rings.